The minimum Gasteiger partial charge on any atom is -0.462 e. The first kappa shape index (κ1) is 14.4. The molecule has 0 radical (unpaired) electrons. The highest BCUT2D eigenvalue weighted by atomic mass is 32.1. The molecule has 0 aliphatic rings. The molecule has 0 aromatic heterocycles. The predicted molar refractivity (Wildman–Crippen MR) is 76.8 cm³/mol. The van der Waals surface area contributed by atoms with E-state index in [1.807, 2.05) is 38.1 Å². The fourth-order valence-corrected chi connectivity index (χ4v) is 1.77. The number of thiocarbonyl (C=S) groups is 1. The van der Waals surface area contributed by atoms with Crippen molar-refractivity contribution >= 4 is 28.9 Å². The van der Waals surface area contributed by atoms with Gasteiger partial charge in [0.1, 0.15) is 11.5 Å². The molecule has 0 bridgehead atoms. The van der Waals surface area contributed by atoms with Gasteiger partial charge in [-0.15, -0.1) is 0 Å². The highest BCUT2D eigenvalue weighted by Crippen LogP contribution is 2.18. The number of hydrogen-bond donors (Lipinski definition) is 1. The molecule has 98 valence electrons. The maximum Gasteiger partial charge on any atom is 0.325 e. The van der Waals surface area contributed by atoms with Crippen molar-refractivity contribution in [1.82, 2.24) is 0 Å². The first-order valence-corrected chi connectivity index (χ1v) is 6.12. The second kappa shape index (κ2) is 6.35. The van der Waals surface area contributed by atoms with Crippen LogP contribution in [0, 0.1) is 0 Å². The third-order valence-corrected chi connectivity index (χ3v) is 2.53. The number of ether oxygens (including phenoxy) is 1. The molecule has 0 saturated carbocycles. The van der Waals surface area contributed by atoms with E-state index in [1.165, 1.54) is 0 Å². The van der Waals surface area contributed by atoms with E-state index in [9.17, 15) is 4.79 Å². The average Bonchev–Trinajstić information content (AvgIpc) is 2.27. The van der Waals surface area contributed by atoms with Gasteiger partial charge in [-0.2, -0.15) is 0 Å². The molecular formula is C13H18N2O2S. The molecule has 1 aromatic carbocycles. The van der Waals surface area contributed by atoms with Crippen molar-refractivity contribution in [2.75, 3.05) is 18.5 Å². The van der Waals surface area contributed by atoms with Crippen LogP contribution in [-0.4, -0.2) is 30.7 Å². The number of benzene rings is 1. The molecule has 18 heavy (non-hydrogen) atoms. The number of rotatable bonds is 5. The summed E-state index contributed by atoms with van der Waals surface area (Å²) in [6.07, 6.45) is -0.114. The Labute approximate surface area is 113 Å². The third-order valence-electron chi connectivity index (χ3n) is 2.31. The van der Waals surface area contributed by atoms with Crippen molar-refractivity contribution in [2.24, 2.45) is 5.73 Å². The number of hydrogen-bond acceptors (Lipinski definition) is 4. The van der Waals surface area contributed by atoms with E-state index in [0.717, 1.165) is 11.3 Å². The lowest BCUT2D eigenvalue weighted by Crippen LogP contribution is -2.30. The molecule has 0 fully saturated rings. The molecule has 1 rings (SSSR count). The van der Waals surface area contributed by atoms with Gasteiger partial charge in [0.25, 0.3) is 0 Å². The van der Waals surface area contributed by atoms with E-state index in [-0.39, 0.29) is 18.6 Å². The number of esters is 1. The quantitative estimate of drug-likeness (QED) is 0.649. The van der Waals surface area contributed by atoms with Crippen molar-refractivity contribution in [1.29, 1.82) is 0 Å². The Bertz CT molecular complexity index is 446. The molecule has 0 amide bonds. The largest absolute Gasteiger partial charge is 0.462 e. The maximum atomic E-state index is 11.6. The van der Waals surface area contributed by atoms with Gasteiger partial charge in [0.2, 0.25) is 0 Å². The fourth-order valence-electron chi connectivity index (χ4n) is 1.59. The van der Waals surface area contributed by atoms with Crippen LogP contribution in [0.2, 0.25) is 0 Å². The molecule has 4 nitrogen and oxygen atoms in total. The van der Waals surface area contributed by atoms with E-state index >= 15 is 0 Å². The molecule has 0 atom stereocenters. The van der Waals surface area contributed by atoms with Crippen LogP contribution in [0.3, 0.4) is 0 Å². The molecule has 5 heteroatoms. The number of anilines is 1. The summed E-state index contributed by atoms with van der Waals surface area (Å²) < 4.78 is 5.10. The highest BCUT2D eigenvalue weighted by Gasteiger charge is 2.13. The Hall–Kier alpha value is -1.62. The Morgan fingerprint density at radius 2 is 2.06 bits per heavy atom. The zero-order valence-electron chi connectivity index (χ0n) is 10.8. The summed E-state index contributed by atoms with van der Waals surface area (Å²) in [6.45, 7) is 3.81. The Balaban J connectivity index is 2.81. The van der Waals surface area contributed by atoms with Crippen LogP contribution in [0.5, 0.6) is 0 Å². The second-order valence-corrected chi connectivity index (χ2v) is 4.72. The summed E-state index contributed by atoms with van der Waals surface area (Å²) in [7, 11) is 1.80. The molecule has 0 unspecified atom stereocenters. The van der Waals surface area contributed by atoms with E-state index < -0.39 is 0 Å². The lowest BCUT2D eigenvalue weighted by molar-refractivity contribution is -0.145. The Morgan fingerprint density at radius 1 is 1.44 bits per heavy atom. The highest BCUT2D eigenvalue weighted by molar-refractivity contribution is 7.80. The minimum atomic E-state index is -0.273. The molecule has 0 spiro atoms. The average molecular weight is 266 g/mol. The summed E-state index contributed by atoms with van der Waals surface area (Å²) in [5, 5.41) is 0. The predicted octanol–water partition coefficient (Wildman–Crippen LogP) is 1.71. The summed E-state index contributed by atoms with van der Waals surface area (Å²) in [6, 6.07) is 7.44. The lowest BCUT2D eigenvalue weighted by atomic mass is 10.1. The fraction of sp³-hybridized carbons (Fsp3) is 0.385. The summed E-state index contributed by atoms with van der Waals surface area (Å²) in [5.41, 5.74) is 7.23. The van der Waals surface area contributed by atoms with Gasteiger partial charge in [0, 0.05) is 18.3 Å². The summed E-state index contributed by atoms with van der Waals surface area (Å²) >= 11 is 4.99. The maximum absolute atomic E-state index is 11.6. The lowest BCUT2D eigenvalue weighted by Gasteiger charge is -2.21. The van der Waals surface area contributed by atoms with Gasteiger partial charge in [-0.1, -0.05) is 24.4 Å². The van der Waals surface area contributed by atoms with Crippen molar-refractivity contribution in [3.8, 4) is 0 Å². The normalized spacial score (nSPS) is 10.2. The molecule has 0 heterocycles. The number of para-hydroxylation sites is 1. The zero-order chi connectivity index (χ0) is 13.7. The molecule has 0 aliphatic heterocycles. The number of nitrogens with zero attached hydrogens (tertiary/aromatic N) is 1. The monoisotopic (exact) mass is 266 g/mol. The first-order chi connectivity index (χ1) is 8.41. The van der Waals surface area contributed by atoms with Crippen LogP contribution in [0.25, 0.3) is 0 Å². The van der Waals surface area contributed by atoms with Crippen LogP contribution in [-0.2, 0) is 9.53 Å². The van der Waals surface area contributed by atoms with Gasteiger partial charge < -0.3 is 15.4 Å². The van der Waals surface area contributed by atoms with Gasteiger partial charge in [-0.25, -0.2) is 0 Å². The van der Waals surface area contributed by atoms with Gasteiger partial charge in [-0.3, -0.25) is 4.79 Å². The SMILES string of the molecule is CC(C)OC(=O)CN(C)c1ccccc1C(N)=S. The molecule has 2 N–H and O–H groups in total. The zero-order valence-corrected chi connectivity index (χ0v) is 11.7. The van der Waals surface area contributed by atoms with Gasteiger partial charge in [0.05, 0.1) is 6.10 Å². The van der Waals surface area contributed by atoms with E-state index in [1.54, 1.807) is 11.9 Å². The summed E-state index contributed by atoms with van der Waals surface area (Å²) in [5.74, 6) is -0.273. The van der Waals surface area contributed by atoms with E-state index in [0.29, 0.717) is 4.99 Å². The third kappa shape index (κ3) is 4.00. The van der Waals surface area contributed by atoms with Crippen molar-refractivity contribution in [2.45, 2.75) is 20.0 Å². The minimum absolute atomic E-state index is 0.114. The molecule has 0 saturated heterocycles. The van der Waals surface area contributed by atoms with E-state index in [4.69, 9.17) is 22.7 Å². The van der Waals surface area contributed by atoms with Crippen LogP contribution in [0.15, 0.2) is 24.3 Å². The van der Waals surface area contributed by atoms with Crippen LogP contribution < -0.4 is 10.6 Å². The van der Waals surface area contributed by atoms with Gasteiger partial charge >= 0.3 is 5.97 Å². The number of nitrogens with two attached hydrogens (primary N) is 1. The Morgan fingerprint density at radius 3 is 2.61 bits per heavy atom. The number of likely N-dealkylation sites (N-methyl/N-ethyl adjacent to an activating group) is 1. The first-order valence-electron chi connectivity index (χ1n) is 5.71. The standard InChI is InChI=1S/C13H18N2O2S/c1-9(2)17-12(16)8-15(3)11-7-5-4-6-10(11)13(14)18/h4-7,9H,8H2,1-3H3,(H2,14,18). The molecule has 1 aromatic rings. The van der Waals surface area contributed by atoms with Crippen molar-refractivity contribution in [3.05, 3.63) is 29.8 Å². The second-order valence-electron chi connectivity index (χ2n) is 4.28. The number of carbonyl (C=O) groups is 1. The van der Waals surface area contributed by atoms with Gasteiger partial charge in [-0.05, 0) is 26.0 Å². The van der Waals surface area contributed by atoms with Crippen LogP contribution in [0.1, 0.15) is 19.4 Å². The molecule has 0 aliphatic carbocycles. The van der Waals surface area contributed by atoms with Gasteiger partial charge in [0.15, 0.2) is 0 Å². The summed E-state index contributed by atoms with van der Waals surface area (Å²) in [4.78, 5) is 13.7. The van der Waals surface area contributed by atoms with E-state index in [2.05, 4.69) is 0 Å². The van der Waals surface area contributed by atoms with Crippen molar-refractivity contribution < 1.29 is 9.53 Å². The topological polar surface area (TPSA) is 55.6 Å². The smallest absolute Gasteiger partial charge is 0.325 e. The number of carbonyl (C=O) groups excluding carboxylic acids is 1. The van der Waals surface area contributed by atoms with Crippen LogP contribution >= 0.6 is 12.2 Å². The molecular weight excluding hydrogens is 248 g/mol. The van der Waals surface area contributed by atoms with Crippen molar-refractivity contribution in [3.63, 3.8) is 0 Å². The van der Waals surface area contributed by atoms with Crippen LogP contribution in [0.4, 0.5) is 5.69 Å². The Kier molecular flexibility index (Phi) is 5.09.